The summed E-state index contributed by atoms with van der Waals surface area (Å²) in [4.78, 5) is 0. The van der Waals surface area contributed by atoms with Crippen LogP contribution in [0.15, 0.2) is 18.2 Å². The molecule has 0 heterocycles. The van der Waals surface area contributed by atoms with Gasteiger partial charge in [0, 0.05) is 12.2 Å². The molecule has 0 bridgehead atoms. The Hall–Kier alpha value is -1.02. The predicted octanol–water partition coefficient (Wildman–Crippen LogP) is 2.32. The summed E-state index contributed by atoms with van der Waals surface area (Å²) in [5.41, 5.74) is 14.3. The number of aryl methyl sites for hydroxylation is 1. The van der Waals surface area contributed by atoms with E-state index in [0.29, 0.717) is 6.54 Å². The Kier molecular flexibility index (Phi) is 5.98. The third kappa shape index (κ3) is 3.47. The third-order valence-corrected chi connectivity index (χ3v) is 1.84. The molecule has 4 N–H and O–H groups in total. The molecule has 0 saturated heterocycles. The first kappa shape index (κ1) is 12.0. The van der Waals surface area contributed by atoms with Crippen molar-refractivity contribution in [2.45, 2.75) is 33.7 Å². The highest BCUT2D eigenvalue weighted by Gasteiger charge is 1.96. The van der Waals surface area contributed by atoms with Crippen molar-refractivity contribution in [1.82, 2.24) is 0 Å². The summed E-state index contributed by atoms with van der Waals surface area (Å²) in [6, 6.07) is 6.02. The minimum atomic E-state index is 0.527. The molecule has 1 aromatic carbocycles. The smallest absolute Gasteiger partial charge is 0.0359 e. The molecule has 1 rings (SSSR count). The lowest BCUT2D eigenvalue weighted by Gasteiger charge is -2.04. The number of benzene rings is 1. The molecule has 0 amide bonds. The van der Waals surface area contributed by atoms with Gasteiger partial charge >= 0.3 is 0 Å². The predicted molar refractivity (Wildman–Crippen MR) is 59.5 cm³/mol. The van der Waals surface area contributed by atoms with Gasteiger partial charge in [0.25, 0.3) is 0 Å². The number of hydrogen-bond acceptors (Lipinski definition) is 2. The van der Waals surface area contributed by atoms with Gasteiger partial charge in [0.05, 0.1) is 0 Å². The first-order valence-electron chi connectivity index (χ1n) is 4.85. The number of anilines is 1. The van der Waals surface area contributed by atoms with E-state index in [4.69, 9.17) is 11.5 Å². The fraction of sp³-hybridized carbons (Fsp3) is 0.455. The van der Waals surface area contributed by atoms with E-state index in [0.717, 1.165) is 17.7 Å². The zero-order valence-electron chi connectivity index (χ0n) is 8.80. The maximum Gasteiger partial charge on any atom is 0.0359 e. The maximum atomic E-state index is 5.67. The molecule has 0 aliphatic rings. The lowest BCUT2D eigenvalue weighted by atomic mass is 10.1. The molecule has 13 heavy (non-hydrogen) atoms. The quantitative estimate of drug-likeness (QED) is 0.686. The molecule has 2 heteroatoms. The summed E-state index contributed by atoms with van der Waals surface area (Å²) >= 11 is 0. The zero-order valence-corrected chi connectivity index (χ0v) is 8.80. The van der Waals surface area contributed by atoms with Crippen molar-refractivity contribution in [2.24, 2.45) is 5.73 Å². The number of hydrogen-bond donors (Lipinski definition) is 2. The summed E-state index contributed by atoms with van der Waals surface area (Å²) in [6.07, 6.45) is 1.03. The van der Waals surface area contributed by atoms with Crippen molar-refractivity contribution >= 4 is 5.69 Å². The Bertz CT molecular complexity index is 244. The van der Waals surface area contributed by atoms with Gasteiger partial charge in [0.1, 0.15) is 0 Å². The largest absolute Gasteiger partial charge is 0.398 e. The van der Waals surface area contributed by atoms with E-state index in [-0.39, 0.29) is 0 Å². The fourth-order valence-corrected chi connectivity index (χ4v) is 1.06. The van der Waals surface area contributed by atoms with E-state index in [2.05, 4.69) is 13.0 Å². The minimum Gasteiger partial charge on any atom is -0.398 e. The summed E-state index contributed by atoms with van der Waals surface area (Å²) in [7, 11) is 0. The van der Waals surface area contributed by atoms with Crippen molar-refractivity contribution < 1.29 is 0 Å². The zero-order chi connectivity index (χ0) is 10.3. The van der Waals surface area contributed by atoms with Crippen LogP contribution in [-0.2, 0) is 13.0 Å². The van der Waals surface area contributed by atoms with Crippen LogP contribution >= 0.6 is 0 Å². The van der Waals surface area contributed by atoms with E-state index < -0.39 is 0 Å². The van der Waals surface area contributed by atoms with E-state index in [9.17, 15) is 0 Å². The van der Waals surface area contributed by atoms with E-state index in [1.165, 1.54) is 5.56 Å². The molecule has 74 valence electrons. The lowest BCUT2D eigenvalue weighted by Crippen LogP contribution is -2.01. The van der Waals surface area contributed by atoms with Crippen LogP contribution in [0.5, 0.6) is 0 Å². The molecule has 0 unspecified atom stereocenters. The lowest BCUT2D eigenvalue weighted by molar-refractivity contribution is 1.05. The monoisotopic (exact) mass is 180 g/mol. The van der Waals surface area contributed by atoms with Gasteiger partial charge in [-0.15, -0.1) is 0 Å². The van der Waals surface area contributed by atoms with Gasteiger partial charge < -0.3 is 11.5 Å². The Morgan fingerprint density at radius 3 is 2.31 bits per heavy atom. The molecular formula is C11H20N2. The van der Waals surface area contributed by atoms with Gasteiger partial charge in [-0.2, -0.15) is 0 Å². The Morgan fingerprint density at radius 2 is 1.85 bits per heavy atom. The molecule has 2 nitrogen and oxygen atoms in total. The van der Waals surface area contributed by atoms with Crippen LogP contribution < -0.4 is 11.5 Å². The SMILES string of the molecule is CC.CCc1ccc(N)c(CN)c1. The van der Waals surface area contributed by atoms with Gasteiger partial charge in [-0.05, 0) is 23.6 Å². The molecule has 0 spiro atoms. The maximum absolute atomic E-state index is 5.67. The first-order valence-corrected chi connectivity index (χ1v) is 4.85. The van der Waals surface area contributed by atoms with Gasteiger partial charge in [-0.25, -0.2) is 0 Å². The second-order valence-electron chi connectivity index (χ2n) is 2.59. The van der Waals surface area contributed by atoms with Gasteiger partial charge in [0.15, 0.2) is 0 Å². The highest BCUT2D eigenvalue weighted by atomic mass is 14.6. The normalized spacial score (nSPS) is 8.92. The number of nitrogen functional groups attached to an aromatic ring is 1. The average molecular weight is 180 g/mol. The molecule has 0 aliphatic heterocycles. The molecule has 0 aromatic heterocycles. The van der Waals surface area contributed by atoms with Crippen LogP contribution in [0, 0.1) is 0 Å². The average Bonchev–Trinajstić information content (AvgIpc) is 2.22. The van der Waals surface area contributed by atoms with Crippen molar-refractivity contribution in [3.8, 4) is 0 Å². The van der Waals surface area contributed by atoms with Crippen LogP contribution in [0.4, 0.5) is 5.69 Å². The minimum absolute atomic E-state index is 0.527. The topological polar surface area (TPSA) is 52.0 Å². The summed E-state index contributed by atoms with van der Waals surface area (Å²) in [5, 5.41) is 0. The standard InChI is InChI=1S/C9H14N2.C2H6/c1-2-7-3-4-9(11)8(5-7)6-10;1-2/h3-5H,2,6,10-11H2,1H3;1-2H3. The fourth-order valence-electron chi connectivity index (χ4n) is 1.06. The van der Waals surface area contributed by atoms with Gasteiger partial charge in [-0.3, -0.25) is 0 Å². The van der Waals surface area contributed by atoms with Gasteiger partial charge in [0.2, 0.25) is 0 Å². The van der Waals surface area contributed by atoms with Crippen LogP contribution in [-0.4, -0.2) is 0 Å². The molecule has 1 aromatic rings. The molecule has 0 aliphatic carbocycles. The van der Waals surface area contributed by atoms with E-state index in [1.807, 2.05) is 26.0 Å². The highest BCUT2D eigenvalue weighted by Crippen LogP contribution is 2.13. The van der Waals surface area contributed by atoms with Crippen LogP contribution in [0.2, 0.25) is 0 Å². The molecular weight excluding hydrogens is 160 g/mol. The summed E-state index contributed by atoms with van der Waals surface area (Å²) in [6.45, 7) is 6.64. The van der Waals surface area contributed by atoms with Crippen molar-refractivity contribution in [3.63, 3.8) is 0 Å². The Morgan fingerprint density at radius 1 is 1.23 bits per heavy atom. The van der Waals surface area contributed by atoms with Crippen molar-refractivity contribution in [2.75, 3.05) is 5.73 Å². The van der Waals surface area contributed by atoms with E-state index in [1.54, 1.807) is 0 Å². The Balaban J connectivity index is 0.000000671. The first-order chi connectivity index (χ1) is 6.27. The van der Waals surface area contributed by atoms with Gasteiger partial charge in [-0.1, -0.05) is 32.9 Å². The molecule has 0 fully saturated rings. The van der Waals surface area contributed by atoms with Crippen molar-refractivity contribution in [1.29, 1.82) is 0 Å². The molecule has 0 radical (unpaired) electrons. The highest BCUT2D eigenvalue weighted by molar-refractivity contribution is 5.48. The van der Waals surface area contributed by atoms with Crippen molar-refractivity contribution in [3.05, 3.63) is 29.3 Å². The van der Waals surface area contributed by atoms with Crippen LogP contribution in [0.25, 0.3) is 0 Å². The molecule has 0 atom stereocenters. The van der Waals surface area contributed by atoms with Crippen LogP contribution in [0.3, 0.4) is 0 Å². The number of rotatable bonds is 2. The molecule has 0 saturated carbocycles. The second-order valence-corrected chi connectivity index (χ2v) is 2.59. The summed E-state index contributed by atoms with van der Waals surface area (Å²) < 4.78 is 0. The second kappa shape index (κ2) is 6.49. The number of nitrogens with two attached hydrogens (primary N) is 2. The summed E-state index contributed by atoms with van der Waals surface area (Å²) in [5.74, 6) is 0. The van der Waals surface area contributed by atoms with Crippen LogP contribution in [0.1, 0.15) is 31.9 Å². The Labute approximate surface area is 80.9 Å². The van der Waals surface area contributed by atoms with E-state index >= 15 is 0 Å². The third-order valence-electron chi connectivity index (χ3n) is 1.84.